The van der Waals surface area contributed by atoms with Crippen LogP contribution in [-0.2, 0) is 0 Å². The summed E-state index contributed by atoms with van der Waals surface area (Å²) in [6, 6.07) is 1.88. The molecule has 0 aromatic carbocycles. The van der Waals surface area contributed by atoms with Crippen molar-refractivity contribution in [3.63, 3.8) is 0 Å². The molecule has 3 N–H and O–H groups in total. The zero-order valence-electron chi connectivity index (χ0n) is 9.03. The van der Waals surface area contributed by atoms with Gasteiger partial charge in [0.1, 0.15) is 0 Å². The molecule has 80 valence electrons. The van der Waals surface area contributed by atoms with Gasteiger partial charge in [-0.1, -0.05) is 19.0 Å². The van der Waals surface area contributed by atoms with E-state index in [4.69, 9.17) is 10.4 Å². The summed E-state index contributed by atoms with van der Waals surface area (Å²) in [7, 11) is 0. The van der Waals surface area contributed by atoms with E-state index in [0.29, 0.717) is 5.71 Å². The molecule has 0 saturated carbocycles. The molecule has 15 heavy (non-hydrogen) atoms. The number of rotatable bonds is 2. The number of nitrogens with two attached hydrogens (primary N) is 1. The van der Waals surface area contributed by atoms with Crippen molar-refractivity contribution in [3.8, 4) is 0 Å². The van der Waals surface area contributed by atoms with E-state index < -0.39 is 0 Å². The lowest BCUT2D eigenvalue weighted by atomic mass is 10.1. The van der Waals surface area contributed by atoms with Gasteiger partial charge < -0.3 is 9.95 Å². The zero-order valence-corrected chi connectivity index (χ0v) is 9.03. The highest BCUT2D eigenvalue weighted by molar-refractivity contribution is 5.90. The molecule has 5 heteroatoms. The van der Waals surface area contributed by atoms with Crippen LogP contribution >= 0.6 is 0 Å². The van der Waals surface area contributed by atoms with Crippen LogP contribution in [0.5, 0.6) is 0 Å². The predicted molar refractivity (Wildman–Crippen MR) is 58.4 cm³/mol. The summed E-state index contributed by atoms with van der Waals surface area (Å²) in [6.07, 6.45) is 0. The normalized spacial score (nSPS) is 11.3. The summed E-state index contributed by atoms with van der Waals surface area (Å²) in [6.45, 7) is 5.99. The maximum Gasteiger partial charge on any atom is 0.260 e. The Labute approximate surface area is 87.6 Å². The standard InChI is InChI=1S/C10H14N4O/c1-5(2)9-8-7(13-11)4-6(3)12-10(8)15-14-9/h4-5H,11H2,1-3H3,(H,12,13). The fourth-order valence-corrected chi connectivity index (χ4v) is 1.60. The van der Waals surface area contributed by atoms with E-state index in [2.05, 4.69) is 29.4 Å². The molecule has 0 unspecified atom stereocenters. The number of aryl methyl sites for hydroxylation is 1. The maximum absolute atomic E-state index is 5.47. The highest BCUT2D eigenvalue weighted by atomic mass is 16.5. The minimum absolute atomic E-state index is 0.280. The second-order valence-electron chi connectivity index (χ2n) is 3.86. The maximum atomic E-state index is 5.47. The number of hydrazine groups is 1. The monoisotopic (exact) mass is 206 g/mol. The average molecular weight is 206 g/mol. The number of pyridine rings is 1. The average Bonchev–Trinajstić information content (AvgIpc) is 2.59. The molecule has 2 rings (SSSR count). The molecule has 2 aromatic heterocycles. The van der Waals surface area contributed by atoms with Crippen LogP contribution in [0.4, 0.5) is 5.69 Å². The first-order chi connectivity index (χ1) is 7.13. The van der Waals surface area contributed by atoms with Gasteiger partial charge >= 0.3 is 0 Å². The van der Waals surface area contributed by atoms with Gasteiger partial charge in [-0.25, -0.2) is 4.98 Å². The van der Waals surface area contributed by atoms with Crippen LogP contribution in [0.3, 0.4) is 0 Å². The van der Waals surface area contributed by atoms with Crippen LogP contribution in [0.2, 0.25) is 0 Å². The predicted octanol–water partition coefficient (Wildman–Crippen LogP) is 1.94. The fourth-order valence-electron chi connectivity index (χ4n) is 1.60. The Morgan fingerprint density at radius 1 is 1.47 bits per heavy atom. The minimum Gasteiger partial charge on any atom is -0.335 e. The van der Waals surface area contributed by atoms with Crippen molar-refractivity contribution in [2.45, 2.75) is 26.7 Å². The number of aromatic nitrogens is 2. The van der Waals surface area contributed by atoms with Crippen molar-refractivity contribution in [1.82, 2.24) is 10.1 Å². The highest BCUT2D eigenvalue weighted by Crippen LogP contribution is 2.29. The third-order valence-corrected chi connectivity index (χ3v) is 2.30. The van der Waals surface area contributed by atoms with Gasteiger partial charge in [-0.3, -0.25) is 5.84 Å². The third-order valence-electron chi connectivity index (χ3n) is 2.30. The van der Waals surface area contributed by atoms with Crippen LogP contribution in [0.15, 0.2) is 10.6 Å². The van der Waals surface area contributed by atoms with Crippen molar-refractivity contribution < 1.29 is 4.52 Å². The van der Waals surface area contributed by atoms with Crippen molar-refractivity contribution >= 4 is 16.8 Å². The summed E-state index contributed by atoms with van der Waals surface area (Å²) >= 11 is 0. The quantitative estimate of drug-likeness (QED) is 0.580. The van der Waals surface area contributed by atoms with Crippen LogP contribution in [0, 0.1) is 6.92 Å². The first-order valence-electron chi connectivity index (χ1n) is 4.87. The Kier molecular flexibility index (Phi) is 2.32. The van der Waals surface area contributed by atoms with Crippen LogP contribution < -0.4 is 11.3 Å². The van der Waals surface area contributed by atoms with Gasteiger partial charge in [0, 0.05) is 5.69 Å². The van der Waals surface area contributed by atoms with Gasteiger partial charge in [0.15, 0.2) is 0 Å². The third kappa shape index (κ3) is 1.55. The number of hydrogen-bond acceptors (Lipinski definition) is 5. The van der Waals surface area contributed by atoms with E-state index in [1.54, 1.807) is 0 Å². The molecule has 0 aliphatic heterocycles. The van der Waals surface area contributed by atoms with Crippen molar-refractivity contribution in [3.05, 3.63) is 17.5 Å². The van der Waals surface area contributed by atoms with Crippen LogP contribution in [0.1, 0.15) is 31.2 Å². The molecular formula is C10H14N4O. The molecule has 0 bridgehead atoms. The Balaban J connectivity index is 2.77. The number of hydrogen-bond donors (Lipinski definition) is 2. The molecular weight excluding hydrogens is 192 g/mol. The summed E-state index contributed by atoms with van der Waals surface area (Å²) in [5.74, 6) is 5.75. The van der Waals surface area contributed by atoms with E-state index >= 15 is 0 Å². The van der Waals surface area contributed by atoms with Crippen molar-refractivity contribution in [1.29, 1.82) is 0 Å². The fraction of sp³-hybridized carbons (Fsp3) is 0.400. The number of nitrogens with one attached hydrogen (secondary N) is 1. The van der Waals surface area contributed by atoms with Gasteiger partial charge in [-0.05, 0) is 18.9 Å². The molecule has 5 nitrogen and oxygen atoms in total. The lowest BCUT2D eigenvalue weighted by Gasteiger charge is -2.05. The molecule has 0 atom stereocenters. The Bertz CT molecular complexity index is 489. The molecule has 0 aliphatic rings. The summed E-state index contributed by atoms with van der Waals surface area (Å²) in [4.78, 5) is 4.26. The summed E-state index contributed by atoms with van der Waals surface area (Å²) in [5.41, 5.74) is 5.72. The summed E-state index contributed by atoms with van der Waals surface area (Å²) < 4.78 is 5.18. The van der Waals surface area contributed by atoms with Gasteiger partial charge in [-0.2, -0.15) is 0 Å². The highest BCUT2D eigenvalue weighted by Gasteiger charge is 2.16. The molecule has 0 fully saturated rings. The Morgan fingerprint density at radius 2 is 2.20 bits per heavy atom. The minimum atomic E-state index is 0.280. The smallest absolute Gasteiger partial charge is 0.260 e. The number of anilines is 1. The van der Waals surface area contributed by atoms with Crippen LogP contribution in [-0.4, -0.2) is 10.1 Å². The number of nitrogens with zero attached hydrogens (tertiary/aromatic N) is 2. The number of nitrogen functional groups attached to an aromatic ring is 1. The van der Waals surface area contributed by atoms with Gasteiger partial charge in [0.05, 0.1) is 16.8 Å². The Morgan fingerprint density at radius 3 is 2.80 bits per heavy atom. The second-order valence-corrected chi connectivity index (χ2v) is 3.86. The van der Waals surface area contributed by atoms with Crippen molar-refractivity contribution in [2.24, 2.45) is 5.84 Å². The SMILES string of the molecule is Cc1cc(NN)c2c(C(C)C)noc2n1. The topological polar surface area (TPSA) is 77.0 Å². The van der Waals surface area contributed by atoms with E-state index in [1.165, 1.54) is 0 Å². The molecule has 0 amide bonds. The molecule has 0 saturated heterocycles. The first-order valence-corrected chi connectivity index (χ1v) is 4.87. The molecule has 2 heterocycles. The van der Waals surface area contributed by atoms with Crippen molar-refractivity contribution in [2.75, 3.05) is 5.43 Å². The second kappa shape index (κ2) is 3.51. The van der Waals surface area contributed by atoms with Crippen LogP contribution in [0.25, 0.3) is 11.1 Å². The summed E-state index contributed by atoms with van der Waals surface area (Å²) in [5, 5.41) is 4.88. The van der Waals surface area contributed by atoms with Gasteiger partial charge in [-0.15, -0.1) is 0 Å². The molecule has 0 spiro atoms. The van der Waals surface area contributed by atoms with Gasteiger partial charge in [0.25, 0.3) is 5.71 Å². The van der Waals surface area contributed by atoms with E-state index in [0.717, 1.165) is 22.5 Å². The van der Waals surface area contributed by atoms with Gasteiger partial charge in [0.2, 0.25) is 0 Å². The lowest BCUT2D eigenvalue weighted by Crippen LogP contribution is -2.08. The van der Waals surface area contributed by atoms with E-state index in [9.17, 15) is 0 Å². The van der Waals surface area contributed by atoms with E-state index in [-0.39, 0.29) is 5.92 Å². The first kappa shape index (κ1) is 9.92. The van der Waals surface area contributed by atoms with E-state index in [1.807, 2.05) is 13.0 Å². The zero-order chi connectivity index (χ0) is 11.0. The molecule has 0 radical (unpaired) electrons. The molecule has 2 aromatic rings. The number of fused-ring (bicyclic) bond motifs is 1. The molecule has 0 aliphatic carbocycles. The largest absolute Gasteiger partial charge is 0.335 e. The lowest BCUT2D eigenvalue weighted by molar-refractivity contribution is 0.434. The Hall–Kier alpha value is -1.62.